The average molecular weight is 398 g/mol. The number of carbonyl (C=O) groups excluding carboxylic acids is 2. The zero-order valence-electron chi connectivity index (χ0n) is 17.6. The highest BCUT2D eigenvalue weighted by atomic mass is 16.5. The summed E-state index contributed by atoms with van der Waals surface area (Å²) in [6.07, 6.45) is 1.95. The van der Waals surface area contributed by atoms with Gasteiger partial charge in [-0.15, -0.1) is 0 Å². The molecular formula is C24H31NO4. The smallest absolute Gasteiger partial charge is 0.338 e. The van der Waals surface area contributed by atoms with Gasteiger partial charge in [0.1, 0.15) is 5.75 Å². The van der Waals surface area contributed by atoms with E-state index < -0.39 is 0 Å². The maximum absolute atomic E-state index is 13.0. The minimum Gasteiger partial charge on any atom is -0.507 e. The fourth-order valence-corrected chi connectivity index (χ4v) is 3.44. The zero-order chi connectivity index (χ0) is 21.2. The standard InChI is InChI=1S/C24H31NO4/c1-4-10-18(15-16-29-24(28)19-11-8-7-9-12-19)23(27)21-14-13-20(17-22(21)26)25(5-2)6-3/h7-9,11-14,17-18,26H,4-6,10,15-16H2,1-3H3. The number of carbonyl (C=O) groups is 2. The Bertz CT molecular complexity index is 800. The normalized spacial score (nSPS) is 11.7. The van der Waals surface area contributed by atoms with E-state index in [9.17, 15) is 14.7 Å². The molecule has 1 unspecified atom stereocenters. The van der Waals surface area contributed by atoms with E-state index >= 15 is 0 Å². The molecule has 1 N–H and O–H groups in total. The first-order chi connectivity index (χ1) is 14.0. The summed E-state index contributed by atoms with van der Waals surface area (Å²) < 4.78 is 5.34. The van der Waals surface area contributed by atoms with Crippen LogP contribution in [0.3, 0.4) is 0 Å². The molecule has 0 aliphatic heterocycles. The second-order valence-corrected chi connectivity index (χ2v) is 7.01. The highest BCUT2D eigenvalue weighted by Gasteiger charge is 2.23. The van der Waals surface area contributed by atoms with E-state index in [1.807, 2.05) is 32.9 Å². The largest absolute Gasteiger partial charge is 0.507 e. The topological polar surface area (TPSA) is 66.8 Å². The lowest BCUT2D eigenvalue weighted by molar-refractivity contribution is 0.0471. The van der Waals surface area contributed by atoms with Crippen molar-refractivity contribution in [1.82, 2.24) is 0 Å². The minimum atomic E-state index is -0.389. The molecule has 2 rings (SSSR count). The van der Waals surface area contributed by atoms with Crippen LogP contribution in [-0.4, -0.2) is 36.6 Å². The van der Waals surface area contributed by atoms with Crippen LogP contribution in [0.2, 0.25) is 0 Å². The van der Waals surface area contributed by atoms with Gasteiger partial charge in [0.15, 0.2) is 5.78 Å². The van der Waals surface area contributed by atoms with Crippen molar-refractivity contribution >= 4 is 17.4 Å². The molecule has 0 amide bonds. The predicted octanol–water partition coefficient (Wildman–Crippen LogP) is 5.08. The lowest BCUT2D eigenvalue weighted by Gasteiger charge is -2.22. The Kier molecular flexibility index (Phi) is 8.71. The Morgan fingerprint density at radius 3 is 2.28 bits per heavy atom. The Balaban J connectivity index is 2.04. The average Bonchev–Trinajstić information content (AvgIpc) is 2.74. The van der Waals surface area contributed by atoms with Gasteiger partial charge in [-0.05, 0) is 51.0 Å². The Labute approximate surface area is 173 Å². The molecule has 0 aromatic heterocycles. The summed E-state index contributed by atoms with van der Waals surface area (Å²) in [6.45, 7) is 7.94. The summed E-state index contributed by atoms with van der Waals surface area (Å²) >= 11 is 0. The van der Waals surface area contributed by atoms with Gasteiger partial charge in [0.05, 0.1) is 17.7 Å². The van der Waals surface area contributed by atoms with E-state index in [4.69, 9.17) is 4.74 Å². The number of benzene rings is 2. The molecule has 0 spiro atoms. The van der Waals surface area contributed by atoms with Crippen LogP contribution >= 0.6 is 0 Å². The van der Waals surface area contributed by atoms with Crippen molar-refractivity contribution in [3.8, 4) is 5.75 Å². The van der Waals surface area contributed by atoms with Gasteiger partial charge < -0.3 is 14.7 Å². The molecule has 2 aromatic rings. The highest BCUT2D eigenvalue weighted by Crippen LogP contribution is 2.29. The van der Waals surface area contributed by atoms with Crippen molar-refractivity contribution in [3.05, 3.63) is 59.7 Å². The number of phenolic OH excluding ortho intramolecular Hbond substituents is 1. The SMILES string of the molecule is CCCC(CCOC(=O)c1ccccc1)C(=O)c1ccc(N(CC)CC)cc1O. The van der Waals surface area contributed by atoms with Gasteiger partial charge in [0.25, 0.3) is 0 Å². The summed E-state index contributed by atoms with van der Waals surface area (Å²) in [5.74, 6) is -0.790. The summed E-state index contributed by atoms with van der Waals surface area (Å²) in [5.41, 5.74) is 1.72. The van der Waals surface area contributed by atoms with Gasteiger partial charge in [-0.2, -0.15) is 0 Å². The number of rotatable bonds is 11. The maximum Gasteiger partial charge on any atom is 0.338 e. The molecule has 0 fully saturated rings. The van der Waals surface area contributed by atoms with Crippen LogP contribution in [0.25, 0.3) is 0 Å². The summed E-state index contributed by atoms with van der Waals surface area (Å²) in [5, 5.41) is 10.4. The monoisotopic (exact) mass is 397 g/mol. The molecule has 0 bridgehead atoms. The molecule has 0 radical (unpaired) electrons. The highest BCUT2D eigenvalue weighted by molar-refractivity contribution is 6.00. The van der Waals surface area contributed by atoms with Gasteiger partial charge in [0, 0.05) is 30.8 Å². The zero-order valence-corrected chi connectivity index (χ0v) is 17.6. The van der Waals surface area contributed by atoms with Crippen LogP contribution in [0.15, 0.2) is 48.5 Å². The number of phenols is 1. The van der Waals surface area contributed by atoms with Crippen molar-refractivity contribution in [2.24, 2.45) is 5.92 Å². The van der Waals surface area contributed by atoms with Crippen LogP contribution in [0.1, 0.15) is 60.7 Å². The number of Topliss-reactive ketones (excluding diaryl/α,β-unsaturated/α-hetero) is 1. The predicted molar refractivity (Wildman–Crippen MR) is 116 cm³/mol. The molecule has 0 aliphatic rings. The number of ether oxygens (including phenoxy) is 1. The van der Waals surface area contributed by atoms with Crippen molar-refractivity contribution < 1.29 is 19.4 Å². The molecule has 0 saturated heterocycles. The first kappa shape index (κ1) is 22.5. The number of aromatic hydroxyl groups is 1. The van der Waals surface area contributed by atoms with Crippen LogP contribution in [0.4, 0.5) is 5.69 Å². The Hall–Kier alpha value is -2.82. The number of anilines is 1. The Morgan fingerprint density at radius 2 is 1.69 bits per heavy atom. The molecule has 0 aliphatic carbocycles. The number of nitrogens with zero attached hydrogens (tertiary/aromatic N) is 1. The lowest BCUT2D eigenvalue weighted by Crippen LogP contribution is -2.22. The van der Waals surface area contributed by atoms with E-state index in [1.165, 1.54) is 0 Å². The second kappa shape index (κ2) is 11.2. The molecule has 0 heterocycles. The van der Waals surface area contributed by atoms with Crippen LogP contribution in [0.5, 0.6) is 5.75 Å². The molecule has 2 aromatic carbocycles. The van der Waals surface area contributed by atoms with E-state index in [0.29, 0.717) is 24.0 Å². The molecule has 1 atom stereocenters. The third-order valence-corrected chi connectivity index (χ3v) is 5.09. The number of ketones is 1. The first-order valence-electron chi connectivity index (χ1n) is 10.4. The van der Waals surface area contributed by atoms with Crippen molar-refractivity contribution in [2.45, 2.75) is 40.0 Å². The number of esters is 1. The van der Waals surface area contributed by atoms with E-state index in [-0.39, 0.29) is 30.0 Å². The number of hydrogen-bond acceptors (Lipinski definition) is 5. The second-order valence-electron chi connectivity index (χ2n) is 7.01. The summed E-state index contributed by atoms with van der Waals surface area (Å²) in [4.78, 5) is 27.2. The molecule has 0 saturated carbocycles. The van der Waals surface area contributed by atoms with Gasteiger partial charge >= 0.3 is 5.97 Å². The fourth-order valence-electron chi connectivity index (χ4n) is 3.44. The van der Waals surface area contributed by atoms with E-state index in [1.54, 1.807) is 36.4 Å². The van der Waals surface area contributed by atoms with Crippen LogP contribution < -0.4 is 4.90 Å². The lowest BCUT2D eigenvalue weighted by atomic mass is 9.90. The summed E-state index contributed by atoms with van der Waals surface area (Å²) in [7, 11) is 0. The van der Waals surface area contributed by atoms with E-state index in [2.05, 4.69) is 4.90 Å². The quantitative estimate of drug-likeness (QED) is 0.423. The van der Waals surface area contributed by atoms with Crippen LogP contribution in [0, 0.1) is 5.92 Å². The number of hydrogen-bond donors (Lipinski definition) is 1. The van der Waals surface area contributed by atoms with Gasteiger partial charge in [0.2, 0.25) is 0 Å². The molecule has 156 valence electrons. The third kappa shape index (κ3) is 6.08. The third-order valence-electron chi connectivity index (χ3n) is 5.09. The van der Waals surface area contributed by atoms with Gasteiger partial charge in [-0.25, -0.2) is 4.79 Å². The van der Waals surface area contributed by atoms with Gasteiger partial charge in [-0.3, -0.25) is 4.79 Å². The maximum atomic E-state index is 13.0. The molecule has 29 heavy (non-hydrogen) atoms. The Morgan fingerprint density at radius 1 is 1.00 bits per heavy atom. The van der Waals surface area contributed by atoms with Crippen molar-refractivity contribution in [2.75, 3.05) is 24.6 Å². The molecular weight excluding hydrogens is 366 g/mol. The van der Waals surface area contributed by atoms with E-state index in [0.717, 1.165) is 25.2 Å². The first-order valence-corrected chi connectivity index (χ1v) is 10.4. The summed E-state index contributed by atoms with van der Waals surface area (Å²) in [6, 6.07) is 14.0. The molecule has 5 nitrogen and oxygen atoms in total. The minimum absolute atomic E-state index is 0.00165. The molecule has 5 heteroatoms. The van der Waals surface area contributed by atoms with Crippen molar-refractivity contribution in [1.29, 1.82) is 0 Å². The van der Waals surface area contributed by atoms with Crippen molar-refractivity contribution in [3.63, 3.8) is 0 Å². The fraction of sp³-hybridized carbons (Fsp3) is 0.417. The van der Waals surface area contributed by atoms with Gasteiger partial charge in [-0.1, -0.05) is 31.5 Å². The van der Waals surface area contributed by atoms with Crippen LogP contribution in [-0.2, 0) is 4.74 Å².